The number of benzene rings is 2. The molecule has 2 aromatic rings. The molecule has 28 heavy (non-hydrogen) atoms. The van der Waals surface area contributed by atoms with Crippen LogP contribution < -0.4 is 20.7 Å². The van der Waals surface area contributed by atoms with Crippen LogP contribution in [0, 0.1) is 0 Å². The zero-order valence-corrected chi connectivity index (χ0v) is 18.9. The second-order valence-electron chi connectivity index (χ2n) is 5.95. The van der Waals surface area contributed by atoms with Crippen molar-refractivity contribution in [1.82, 2.24) is 16.0 Å². The number of aliphatic imine (C=N–C) groups is 1. The summed E-state index contributed by atoms with van der Waals surface area (Å²) in [6, 6.07) is 15.4. The van der Waals surface area contributed by atoms with E-state index in [1.54, 1.807) is 7.11 Å². The Morgan fingerprint density at radius 1 is 0.893 bits per heavy atom. The lowest BCUT2D eigenvalue weighted by molar-refractivity contribution is 0.0956. The minimum atomic E-state index is -0.0496. The number of hydrogen-bond donors (Lipinski definition) is 3. The van der Waals surface area contributed by atoms with E-state index in [1.807, 2.05) is 62.4 Å². The number of nitrogens with one attached hydrogen (secondary N) is 3. The summed E-state index contributed by atoms with van der Waals surface area (Å²) in [7, 11) is 1.66. The lowest BCUT2D eigenvalue weighted by Crippen LogP contribution is -2.36. The summed E-state index contributed by atoms with van der Waals surface area (Å²) in [5.41, 5.74) is 2.86. The molecule has 0 atom stereocenters. The van der Waals surface area contributed by atoms with E-state index in [4.69, 9.17) is 4.74 Å². The number of rotatable bonds is 8. The van der Waals surface area contributed by atoms with Crippen molar-refractivity contribution in [2.45, 2.75) is 26.9 Å². The predicted octanol–water partition coefficient (Wildman–Crippen LogP) is 3.32. The molecule has 0 radical (unpaired) electrons. The van der Waals surface area contributed by atoms with Crippen LogP contribution in [0.5, 0.6) is 5.75 Å². The number of methoxy groups -OCH3 is 1. The monoisotopic (exact) mass is 496 g/mol. The van der Waals surface area contributed by atoms with Gasteiger partial charge in [0.2, 0.25) is 0 Å². The van der Waals surface area contributed by atoms with E-state index in [1.165, 1.54) is 0 Å². The Labute approximate surface area is 184 Å². The van der Waals surface area contributed by atoms with Crippen LogP contribution in [0.25, 0.3) is 0 Å². The third-order valence-corrected chi connectivity index (χ3v) is 3.94. The van der Waals surface area contributed by atoms with E-state index >= 15 is 0 Å². The number of carbonyl (C=O) groups is 1. The Balaban J connectivity index is 0.00000392. The first-order valence-electron chi connectivity index (χ1n) is 9.18. The summed E-state index contributed by atoms with van der Waals surface area (Å²) in [6.45, 7) is 6.55. The smallest absolute Gasteiger partial charge is 0.251 e. The molecule has 3 N–H and O–H groups in total. The maximum atomic E-state index is 11.8. The fourth-order valence-electron chi connectivity index (χ4n) is 2.47. The predicted molar refractivity (Wildman–Crippen MR) is 125 cm³/mol. The maximum absolute atomic E-state index is 11.8. The van der Waals surface area contributed by atoms with Gasteiger partial charge in [0.1, 0.15) is 5.75 Å². The highest BCUT2D eigenvalue weighted by Crippen LogP contribution is 2.11. The van der Waals surface area contributed by atoms with Crippen molar-refractivity contribution >= 4 is 35.8 Å². The molecule has 2 aromatic carbocycles. The van der Waals surface area contributed by atoms with Gasteiger partial charge in [-0.2, -0.15) is 0 Å². The minimum Gasteiger partial charge on any atom is -0.497 e. The summed E-state index contributed by atoms with van der Waals surface area (Å²) >= 11 is 0. The highest BCUT2D eigenvalue weighted by atomic mass is 127. The number of nitrogens with zero attached hydrogens (tertiary/aromatic N) is 1. The van der Waals surface area contributed by atoms with Crippen molar-refractivity contribution in [1.29, 1.82) is 0 Å². The van der Waals surface area contributed by atoms with Gasteiger partial charge in [0, 0.05) is 25.2 Å². The fraction of sp³-hybridized carbons (Fsp3) is 0.333. The molecule has 6 nitrogen and oxygen atoms in total. The quantitative estimate of drug-likeness (QED) is 0.298. The second kappa shape index (κ2) is 13.0. The average Bonchev–Trinajstić information content (AvgIpc) is 2.71. The van der Waals surface area contributed by atoms with Crippen LogP contribution in [0.4, 0.5) is 0 Å². The molecule has 0 unspecified atom stereocenters. The topological polar surface area (TPSA) is 74.8 Å². The van der Waals surface area contributed by atoms with Gasteiger partial charge >= 0.3 is 0 Å². The van der Waals surface area contributed by atoms with Crippen molar-refractivity contribution in [3.8, 4) is 5.75 Å². The molecule has 1 amide bonds. The van der Waals surface area contributed by atoms with Crippen LogP contribution in [-0.4, -0.2) is 32.1 Å². The third kappa shape index (κ3) is 7.75. The third-order valence-electron chi connectivity index (χ3n) is 3.94. The molecule has 0 saturated heterocycles. The van der Waals surface area contributed by atoms with Gasteiger partial charge in [-0.1, -0.05) is 24.3 Å². The van der Waals surface area contributed by atoms with E-state index in [2.05, 4.69) is 20.9 Å². The molecule has 0 saturated carbocycles. The van der Waals surface area contributed by atoms with E-state index < -0.39 is 0 Å². The summed E-state index contributed by atoms with van der Waals surface area (Å²) in [5.74, 6) is 1.54. The zero-order chi connectivity index (χ0) is 19.5. The number of halogens is 1. The van der Waals surface area contributed by atoms with Gasteiger partial charge in [0.15, 0.2) is 5.96 Å². The number of hydrogen-bond acceptors (Lipinski definition) is 3. The van der Waals surface area contributed by atoms with Crippen molar-refractivity contribution in [3.63, 3.8) is 0 Å². The minimum absolute atomic E-state index is 0. The maximum Gasteiger partial charge on any atom is 0.251 e. The molecule has 0 aliphatic rings. The summed E-state index contributed by atoms with van der Waals surface area (Å²) in [5, 5.41) is 9.36. The van der Waals surface area contributed by atoms with Crippen LogP contribution in [0.2, 0.25) is 0 Å². The fourth-order valence-corrected chi connectivity index (χ4v) is 2.47. The highest BCUT2D eigenvalue weighted by molar-refractivity contribution is 14.0. The van der Waals surface area contributed by atoms with Crippen molar-refractivity contribution in [2.75, 3.05) is 20.2 Å². The highest BCUT2D eigenvalue weighted by Gasteiger charge is 2.04. The molecule has 2 rings (SSSR count). The molecule has 0 aliphatic carbocycles. The van der Waals surface area contributed by atoms with Crippen LogP contribution >= 0.6 is 24.0 Å². The van der Waals surface area contributed by atoms with Gasteiger partial charge in [-0.3, -0.25) is 4.79 Å². The molecule has 0 aliphatic heterocycles. The van der Waals surface area contributed by atoms with Gasteiger partial charge in [-0.05, 0) is 49.2 Å². The first-order valence-corrected chi connectivity index (χ1v) is 9.18. The van der Waals surface area contributed by atoms with E-state index in [0.717, 1.165) is 29.4 Å². The van der Waals surface area contributed by atoms with Crippen LogP contribution in [-0.2, 0) is 13.1 Å². The molecule has 0 fully saturated rings. The molecule has 0 heterocycles. The Kier molecular flexibility index (Phi) is 11.0. The standard InChI is InChI=1S/C21H28N4O2.HI/c1-4-22-20(26)18-10-6-16(7-11-18)14-24-21(23-5-2)25-15-17-8-12-19(27-3)13-9-17;/h6-13H,4-5,14-15H2,1-3H3,(H,22,26)(H2,23,24,25);1H. The van der Waals surface area contributed by atoms with E-state index in [-0.39, 0.29) is 29.9 Å². The molecule has 0 spiro atoms. The lowest BCUT2D eigenvalue weighted by Gasteiger charge is -2.12. The van der Waals surface area contributed by atoms with Crippen LogP contribution in [0.15, 0.2) is 53.5 Å². The Morgan fingerprint density at radius 3 is 2.07 bits per heavy atom. The first kappa shape index (κ1) is 23.7. The zero-order valence-electron chi connectivity index (χ0n) is 16.6. The number of amides is 1. The van der Waals surface area contributed by atoms with Gasteiger partial charge in [-0.25, -0.2) is 4.99 Å². The normalized spacial score (nSPS) is 10.6. The van der Waals surface area contributed by atoms with Crippen molar-refractivity contribution < 1.29 is 9.53 Å². The van der Waals surface area contributed by atoms with Gasteiger partial charge in [0.05, 0.1) is 13.7 Å². The van der Waals surface area contributed by atoms with Crippen LogP contribution in [0.1, 0.15) is 35.3 Å². The number of ether oxygens (including phenoxy) is 1. The molecule has 152 valence electrons. The van der Waals surface area contributed by atoms with Gasteiger partial charge < -0.3 is 20.7 Å². The summed E-state index contributed by atoms with van der Waals surface area (Å²) < 4.78 is 5.17. The summed E-state index contributed by atoms with van der Waals surface area (Å²) in [6.07, 6.45) is 0. The van der Waals surface area contributed by atoms with Crippen molar-refractivity contribution in [2.24, 2.45) is 4.99 Å². The Morgan fingerprint density at radius 2 is 1.50 bits per heavy atom. The summed E-state index contributed by atoms with van der Waals surface area (Å²) in [4.78, 5) is 16.4. The molecular formula is C21H29IN4O2. The van der Waals surface area contributed by atoms with Crippen LogP contribution in [0.3, 0.4) is 0 Å². The first-order chi connectivity index (χ1) is 13.2. The largest absolute Gasteiger partial charge is 0.497 e. The van der Waals surface area contributed by atoms with E-state index in [0.29, 0.717) is 25.2 Å². The average molecular weight is 496 g/mol. The molecule has 7 heteroatoms. The Hall–Kier alpha value is -2.29. The number of guanidine groups is 1. The lowest BCUT2D eigenvalue weighted by atomic mass is 10.1. The van der Waals surface area contributed by atoms with Crippen molar-refractivity contribution in [3.05, 3.63) is 65.2 Å². The van der Waals surface area contributed by atoms with Gasteiger partial charge in [-0.15, -0.1) is 24.0 Å². The molecular weight excluding hydrogens is 467 g/mol. The second-order valence-corrected chi connectivity index (χ2v) is 5.95. The molecule has 0 bridgehead atoms. The SMILES string of the molecule is CCNC(=O)c1ccc(CNC(=NCc2ccc(OC)cc2)NCC)cc1.I. The van der Waals surface area contributed by atoms with Gasteiger partial charge in [0.25, 0.3) is 5.91 Å². The Bertz CT molecular complexity index is 746. The van der Waals surface area contributed by atoms with E-state index in [9.17, 15) is 4.79 Å². The number of carbonyl (C=O) groups excluding carboxylic acids is 1. The molecule has 0 aromatic heterocycles.